The monoisotopic (exact) mass is 190 g/mol. The summed E-state index contributed by atoms with van der Waals surface area (Å²) in [7, 11) is 0. The number of hydrogen-bond acceptors (Lipinski definition) is 3. The van der Waals surface area contributed by atoms with Gasteiger partial charge in [0.1, 0.15) is 6.10 Å². The second-order valence-corrected chi connectivity index (χ2v) is 3.63. The van der Waals surface area contributed by atoms with Gasteiger partial charge in [-0.05, 0) is 27.2 Å². The minimum atomic E-state index is -0.556. The zero-order chi connectivity index (χ0) is 10.3. The maximum atomic E-state index is 9.68. The van der Waals surface area contributed by atoms with Gasteiger partial charge in [-0.1, -0.05) is 6.92 Å². The normalized spacial score (nSPS) is 14.5. The van der Waals surface area contributed by atoms with Crippen LogP contribution in [0, 0.1) is 0 Å². The van der Waals surface area contributed by atoms with Crippen LogP contribution in [0.5, 0.6) is 0 Å². The summed E-state index contributed by atoms with van der Waals surface area (Å²) < 4.78 is 10.6. The maximum Gasteiger partial charge on any atom is 0.106 e. The Morgan fingerprint density at radius 2 is 1.92 bits per heavy atom. The third kappa shape index (κ3) is 5.24. The van der Waals surface area contributed by atoms with Crippen LogP contribution in [0.1, 0.15) is 34.1 Å². The Hall–Kier alpha value is -0.120. The SMILES string of the molecule is CCCOCC(O)C(C)(C)OCC. The predicted octanol–water partition coefficient (Wildman–Crippen LogP) is 1.59. The molecule has 1 N–H and O–H groups in total. The Morgan fingerprint density at radius 3 is 2.38 bits per heavy atom. The summed E-state index contributed by atoms with van der Waals surface area (Å²) in [5.74, 6) is 0. The van der Waals surface area contributed by atoms with E-state index in [4.69, 9.17) is 9.47 Å². The largest absolute Gasteiger partial charge is 0.388 e. The van der Waals surface area contributed by atoms with Gasteiger partial charge in [0.2, 0.25) is 0 Å². The minimum absolute atomic E-state index is 0.348. The van der Waals surface area contributed by atoms with E-state index in [-0.39, 0.29) is 0 Å². The molecule has 0 aromatic heterocycles. The summed E-state index contributed by atoms with van der Waals surface area (Å²) in [5.41, 5.74) is -0.511. The van der Waals surface area contributed by atoms with Crippen molar-refractivity contribution in [3.63, 3.8) is 0 Å². The molecule has 0 rings (SSSR count). The van der Waals surface area contributed by atoms with Crippen LogP contribution >= 0.6 is 0 Å². The first-order chi connectivity index (χ1) is 6.04. The van der Waals surface area contributed by atoms with E-state index in [0.717, 1.165) is 6.42 Å². The smallest absolute Gasteiger partial charge is 0.106 e. The topological polar surface area (TPSA) is 38.7 Å². The number of aliphatic hydroxyl groups excluding tert-OH is 1. The first-order valence-corrected chi connectivity index (χ1v) is 4.94. The molecule has 0 aliphatic rings. The Balaban J connectivity index is 3.72. The van der Waals surface area contributed by atoms with Crippen LogP contribution in [-0.2, 0) is 9.47 Å². The van der Waals surface area contributed by atoms with Crippen LogP contribution in [0.3, 0.4) is 0 Å². The van der Waals surface area contributed by atoms with Crippen molar-refractivity contribution in [2.75, 3.05) is 19.8 Å². The summed E-state index contributed by atoms with van der Waals surface area (Å²) in [6.07, 6.45) is 0.418. The van der Waals surface area contributed by atoms with Crippen LogP contribution in [0.25, 0.3) is 0 Å². The molecule has 0 aromatic carbocycles. The molecule has 13 heavy (non-hydrogen) atoms. The highest BCUT2D eigenvalue weighted by atomic mass is 16.5. The zero-order valence-corrected chi connectivity index (χ0v) is 9.17. The lowest BCUT2D eigenvalue weighted by atomic mass is 10.0. The van der Waals surface area contributed by atoms with Gasteiger partial charge in [0, 0.05) is 13.2 Å². The van der Waals surface area contributed by atoms with Crippen LogP contribution in [0.4, 0.5) is 0 Å². The van der Waals surface area contributed by atoms with E-state index in [0.29, 0.717) is 19.8 Å². The molecule has 0 aromatic rings. The lowest BCUT2D eigenvalue weighted by molar-refractivity contribution is -0.121. The highest BCUT2D eigenvalue weighted by Crippen LogP contribution is 2.14. The second kappa shape index (κ2) is 6.35. The zero-order valence-electron chi connectivity index (χ0n) is 9.17. The van der Waals surface area contributed by atoms with Crippen LogP contribution in [0.15, 0.2) is 0 Å². The van der Waals surface area contributed by atoms with E-state index < -0.39 is 11.7 Å². The van der Waals surface area contributed by atoms with Crippen molar-refractivity contribution in [3.05, 3.63) is 0 Å². The lowest BCUT2D eigenvalue weighted by Crippen LogP contribution is -2.42. The standard InChI is InChI=1S/C10H22O3/c1-5-7-12-8-9(11)10(3,4)13-6-2/h9,11H,5-8H2,1-4H3. The van der Waals surface area contributed by atoms with Crippen molar-refractivity contribution < 1.29 is 14.6 Å². The number of ether oxygens (including phenoxy) is 2. The molecule has 1 unspecified atom stereocenters. The molecule has 1 atom stereocenters. The van der Waals surface area contributed by atoms with Gasteiger partial charge in [0.25, 0.3) is 0 Å². The molecule has 0 amide bonds. The second-order valence-electron chi connectivity index (χ2n) is 3.63. The first kappa shape index (κ1) is 12.9. The molecule has 0 bridgehead atoms. The van der Waals surface area contributed by atoms with Crippen molar-refractivity contribution in [2.24, 2.45) is 0 Å². The third-order valence-electron chi connectivity index (χ3n) is 1.94. The van der Waals surface area contributed by atoms with Gasteiger partial charge in [0.05, 0.1) is 12.2 Å². The van der Waals surface area contributed by atoms with E-state index in [9.17, 15) is 5.11 Å². The fourth-order valence-electron chi connectivity index (χ4n) is 1.01. The van der Waals surface area contributed by atoms with E-state index in [1.165, 1.54) is 0 Å². The molecule has 3 heteroatoms. The van der Waals surface area contributed by atoms with E-state index in [1.807, 2.05) is 27.7 Å². The van der Waals surface area contributed by atoms with Gasteiger partial charge in [0.15, 0.2) is 0 Å². The van der Waals surface area contributed by atoms with Crippen molar-refractivity contribution in [1.29, 1.82) is 0 Å². The van der Waals surface area contributed by atoms with Crippen molar-refractivity contribution >= 4 is 0 Å². The molecule has 0 aliphatic heterocycles. The van der Waals surface area contributed by atoms with Gasteiger partial charge in [-0.3, -0.25) is 0 Å². The molecule has 80 valence electrons. The van der Waals surface area contributed by atoms with Gasteiger partial charge in [-0.25, -0.2) is 0 Å². The Kier molecular flexibility index (Phi) is 6.29. The van der Waals surface area contributed by atoms with Gasteiger partial charge in [-0.2, -0.15) is 0 Å². The molecule has 3 nitrogen and oxygen atoms in total. The molecule has 0 spiro atoms. The lowest BCUT2D eigenvalue weighted by Gasteiger charge is -2.30. The molecule has 0 fully saturated rings. The molecular weight excluding hydrogens is 168 g/mol. The first-order valence-electron chi connectivity index (χ1n) is 4.94. The summed E-state index contributed by atoms with van der Waals surface area (Å²) in [6, 6.07) is 0. The predicted molar refractivity (Wildman–Crippen MR) is 52.8 cm³/mol. The fraction of sp³-hybridized carbons (Fsp3) is 1.00. The average molecular weight is 190 g/mol. The van der Waals surface area contributed by atoms with Gasteiger partial charge >= 0.3 is 0 Å². The average Bonchev–Trinajstić information content (AvgIpc) is 2.04. The summed E-state index contributed by atoms with van der Waals surface area (Å²) in [4.78, 5) is 0. The highest BCUT2D eigenvalue weighted by molar-refractivity contribution is 4.78. The number of rotatable bonds is 7. The molecule has 0 heterocycles. The van der Waals surface area contributed by atoms with Crippen LogP contribution in [0.2, 0.25) is 0 Å². The molecule has 0 aliphatic carbocycles. The highest BCUT2D eigenvalue weighted by Gasteiger charge is 2.28. The third-order valence-corrected chi connectivity index (χ3v) is 1.94. The van der Waals surface area contributed by atoms with E-state index in [2.05, 4.69) is 0 Å². The van der Waals surface area contributed by atoms with Crippen molar-refractivity contribution in [3.8, 4) is 0 Å². The molecule has 0 saturated heterocycles. The van der Waals surface area contributed by atoms with Gasteiger partial charge in [-0.15, -0.1) is 0 Å². The van der Waals surface area contributed by atoms with Crippen LogP contribution in [-0.4, -0.2) is 36.6 Å². The minimum Gasteiger partial charge on any atom is -0.388 e. The quantitative estimate of drug-likeness (QED) is 0.620. The van der Waals surface area contributed by atoms with E-state index in [1.54, 1.807) is 0 Å². The molecule has 0 saturated carbocycles. The summed E-state index contributed by atoms with van der Waals surface area (Å²) >= 11 is 0. The fourth-order valence-corrected chi connectivity index (χ4v) is 1.01. The van der Waals surface area contributed by atoms with Crippen LogP contribution < -0.4 is 0 Å². The van der Waals surface area contributed by atoms with E-state index >= 15 is 0 Å². The van der Waals surface area contributed by atoms with Crippen molar-refractivity contribution in [2.45, 2.75) is 45.8 Å². The van der Waals surface area contributed by atoms with Crippen molar-refractivity contribution in [1.82, 2.24) is 0 Å². The number of hydrogen-bond donors (Lipinski definition) is 1. The molecular formula is C10H22O3. The maximum absolute atomic E-state index is 9.68. The Labute approximate surface area is 81.0 Å². The molecule has 0 radical (unpaired) electrons. The Bertz CT molecular complexity index is 123. The van der Waals surface area contributed by atoms with Gasteiger partial charge < -0.3 is 14.6 Å². The summed E-state index contributed by atoms with van der Waals surface area (Å²) in [5, 5.41) is 9.68. The number of aliphatic hydroxyl groups is 1. The summed E-state index contributed by atoms with van der Waals surface area (Å²) in [6.45, 7) is 9.35. The Morgan fingerprint density at radius 1 is 1.31 bits per heavy atom.